The second-order valence-corrected chi connectivity index (χ2v) is 12.8. The summed E-state index contributed by atoms with van der Waals surface area (Å²) in [5.74, 6) is -0.653. The average Bonchev–Trinajstić information content (AvgIpc) is 2.98. The van der Waals surface area contributed by atoms with E-state index in [1.54, 1.807) is 19.1 Å². The van der Waals surface area contributed by atoms with E-state index in [2.05, 4.69) is 10.0 Å². The number of ether oxygens (including phenoxy) is 1. The molecule has 3 aromatic carbocycles. The number of sulfonamides is 1. The SMILES string of the molecule is Cc1ccc(S(=O)(=O)Nc2ccc3c(c2)C(=O)N([C@@H](C)CO)C[C@H](C)[C@H](CN(C)C(=O)Nc2ccc(C(F)(F)F)cc2)O3)cc1. The Kier molecular flexibility index (Phi) is 9.98. The maximum atomic E-state index is 13.7. The fraction of sp³-hybridized carbons (Fsp3) is 0.355. The van der Waals surface area contributed by atoms with Crippen LogP contribution in [0.5, 0.6) is 5.75 Å². The van der Waals surface area contributed by atoms with Crippen molar-refractivity contribution in [2.45, 2.75) is 44.0 Å². The van der Waals surface area contributed by atoms with E-state index in [1.165, 1.54) is 47.2 Å². The molecule has 3 atom stereocenters. The molecule has 0 radical (unpaired) electrons. The minimum Gasteiger partial charge on any atom is -0.487 e. The van der Waals surface area contributed by atoms with Crippen molar-refractivity contribution in [2.75, 3.05) is 36.8 Å². The highest BCUT2D eigenvalue weighted by atomic mass is 32.2. The number of hydrogen-bond acceptors (Lipinski definition) is 6. The number of aryl methyl sites for hydroxylation is 1. The lowest BCUT2D eigenvalue weighted by molar-refractivity contribution is -0.137. The lowest BCUT2D eigenvalue weighted by Gasteiger charge is -2.38. The van der Waals surface area contributed by atoms with Crippen molar-refractivity contribution in [1.82, 2.24) is 9.80 Å². The first-order chi connectivity index (χ1) is 21.1. The molecule has 3 aromatic rings. The number of alkyl halides is 3. The topological polar surface area (TPSA) is 128 Å². The van der Waals surface area contributed by atoms with Gasteiger partial charge in [0, 0.05) is 30.9 Å². The van der Waals surface area contributed by atoms with E-state index in [0.29, 0.717) is 0 Å². The third kappa shape index (κ3) is 8.05. The van der Waals surface area contributed by atoms with E-state index in [9.17, 15) is 36.3 Å². The summed E-state index contributed by atoms with van der Waals surface area (Å²) in [6.45, 7) is 5.19. The summed E-state index contributed by atoms with van der Waals surface area (Å²) in [5, 5.41) is 12.5. The van der Waals surface area contributed by atoms with Crippen LogP contribution in [0.1, 0.15) is 35.3 Å². The van der Waals surface area contributed by atoms with Crippen LogP contribution in [0.4, 0.5) is 29.3 Å². The summed E-state index contributed by atoms with van der Waals surface area (Å²) in [7, 11) is -2.47. The van der Waals surface area contributed by atoms with Crippen LogP contribution in [0.25, 0.3) is 0 Å². The molecule has 3 amide bonds. The summed E-state index contributed by atoms with van der Waals surface area (Å²) in [6, 6.07) is 13.5. The Bertz CT molecular complexity index is 1630. The fourth-order valence-electron chi connectivity index (χ4n) is 4.75. The van der Waals surface area contributed by atoms with Crippen LogP contribution in [-0.2, 0) is 16.2 Å². The maximum absolute atomic E-state index is 13.7. The van der Waals surface area contributed by atoms with E-state index in [4.69, 9.17) is 4.74 Å². The molecule has 0 bridgehead atoms. The van der Waals surface area contributed by atoms with Gasteiger partial charge in [0.25, 0.3) is 15.9 Å². The van der Waals surface area contributed by atoms with Crippen molar-refractivity contribution in [3.05, 3.63) is 83.4 Å². The van der Waals surface area contributed by atoms with E-state index >= 15 is 0 Å². The number of nitrogens with zero attached hydrogens (tertiary/aromatic N) is 2. The van der Waals surface area contributed by atoms with Crippen molar-refractivity contribution in [3.8, 4) is 5.75 Å². The molecule has 14 heteroatoms. The number of nitrogens with one attached hydrogen (secondary N) is 2. The fourth-order valence-corrected chi connectivity index (χ4v) is 5.80. The number of halogens is 3. The van der Waals surface area contributed by atoms with Gasteiger partial charge in [-0.15, -0.1) is 0 Å². The number of rotatable bonds is 8. The Labute approximate surface area is 259 Å². The van der Waals surface area contributed by atoms with Gasteiger partial charge < -0.3 is 25.0 Å². The second-order valence-electron chi connectivity index (χ2n) is 11.1. The Morgan fingerprint density at radius 3 is 2.31 bits per heavy atom. The van der Waals surface area contributed by atoms with Gasteiger partial charge in [-0.25, -0.2) is 13.2 Å². The quantitative estimate of drug-likeness (QED) is 0.308. The number of hydrogen-bond donors (Lipinski definition) is 3. The zero-order chi connectivity index (χ0) is 33.1. The monoisotopic (exact) mass is 648 g/mol. The standard InChI is InChI=1S/C31H35F3N4O6S/c1-19-5-12-25(13-6-19)45(42,43)36-24-11-14-27-26(15-24)29(40)38(21(3)18-39)16-20(2)28(44-27)17-37(4)30(41)35-23-9-7-22(8-10-23)31(32,33)34/h5-15,20-21,28,36,39H,16-18H2,1-4H3,(H,35,41)/t20-,21-,28-/m0/s1. The summed E-state index contributed by atoms with van der Waals surface area (Å²) >= 11 is 0. The Morgan fingerprint density at radius 1 is 1.09 bits per heavy atom. The highest BCUT2D eigenvalue weighted by molar-refractivity contribution is 7.92. The summed E-state index contributed by atoms with van der Waals surface area (Å²) in [4.78, 5) is 29.5. The van der Waals surface area contributed by atoms with E-state index < -0.39 is 45.8 Å². The molecule has 1 aliphatic rings. The third-order valence-electron chi connectivity index (χ3n) is 7.51. The van der Waals surface area contributed by atoms with Gasteiger partial charge in [-0.2, -0.15) is 13.2 Å². The first-order valence-corrected chi connectivity index (χ1v) is 15.6. The predicted molar refractivity (Wildman–Crippen MR) is 163 cm³/mol. The highest BCUT2D eigenvalue weighted by Crippen LogP contribution is 2.32. The van der Waals surface area contributed by atoms with Crippen LogP contribution in [-0.4, -0.2) is 74.2 Å². The molecule has 0 saturated heterocycles. The second kappa shape index (κ2) is 13.4. The molecule has 0 aromatic heterocycles. The Balaban J connectivity index is 1.57. The third-order valence-corrected chi connectivity index (χ3v) is 8.91. The molecule has 1 heterocycles. The molecule has 45 heavy (non-hydrogen) atoms. The number of likely N-dealkylation sites (N-methyl/N-ethyl adjacent to an activating group) is 1. The lowest BCUT2D eigenvalue weighted by atomic mass is 9.99. The van der Waals surface area contributed by atoms with Crippen molar-refractivity contribution in [1.29, 1.82) is 0 Å². The molecule has 0 unspecified atom stereocenters. The molecular weight excluding hydrogens is 613 g/mol. The number of anilines is 2. The molecule has 0 fully saturated rings. The number of aliphatic hydroxyl groups is 1. The predicted octanol–water partition coefficient (Wildman–Crippen LogP) is 5.20. The summed E-state index contributed by atoms with van der Waals surface area (Å²) < 4.78 is 73.5. The summed E-state index contributed by atoms with van der Waals surface area (Å²) in [5.41, 5.74) is 0.411. The van der Waals surface area contributed by atoms with Crippen molar-refractivity contribution >= 4 is 33.3 Å². The van der Waals surface area contributed by atoms with E-state index in [0.717, 1.165) is 29.8 Å². The molecule has 10 nitrogen and oxygen atoms in total. The zero-order valence-electron chi connectivity index (χ0n) is 25.1. The van der Waals surface area contributed by atoms with Crippen LogP contribution in [0, 0.1) is 12.8 Å². The largest absolute Gasteiger partial charge is 0.487 e. The molecule has 0 saturated carbocycles. The number of aliphatic hydroxyl groups excluding tert-OH is 1. The molecule has 4 rings (SSSR count). The van der Waals surface area contributed by atoms with Crippen LogP contribution in [0.2, 0.25) is 0 Å². The van der Waals surface area contributed by atoms with Crippen LogP contribution < -0.4 is 14.8 Å². The minimum absolute atomic E-state index is 0.0322. The van der Waals surface area contributed by atoms with Crippen LogP contribution in [0.3, 0.4) is 0 Å². The highest BCUT2D eigenvalue weighted by Gasteiger charge is 2.34. The molecule has 3 N–H and O–H groups in total. The van der Waals surface area contributed by atoms with Gasteiger partial charge in [0.15, 0.2) is 0 Å². The molecule has 0 spiro atoms. The van der Waals surface area contributed by atoms with Crippen LogP contribution >= 0.6 is 0 Å². The van der Waals surface area contributed by atoms with Crippen LogP contribution in [0.15, 0.2) is 71.6 Å². The van der Waals surface area contributed by atoms with Gasteiger partial charge >= 0.3 is 12.2 Å². The Morgan fingerprint density at radius 2 is 1.71 bits per heavy atom. The van der Waals surface area contributed by atoms with Gasteiger partial charge in [0.2, 0.25) is 0 Å². The summed E-state index contributed by atoms with van der Waals surface area (Å²) in [6.07, 6.45) is -5.17. The molecule has 1 aliphatic heterocycles. The van der Waals surface area contributed by atoms with Gasteiger partial charge in [0.1, 0.15) is 11.9 Å². The first kappa shape index (κ1) is 33.6. The van der Waals surface area contributed by atoms with Gasteiger partial charge in [0.05, 0.1) is 35.2 Å². The number of urea groups is 1. The number of amides is 3. The number of carbonyl (C=O) groups excluding carboxylic acids is 2. The average molecular weight is 649 g/mol. The normalized spacial score (nSPS) is 17.8. The van der Waals surface area contributed by atoms with Gasteiger partial charge in [-0.1, -0.05) is 24.6 Å². The number of benzene rings is 3. The minimum atomic E-state index is -4.50. The first-order valence-electron chi connectivity index (χ1n) is 14.1. The van der Waals surface area contributed by atoms with Gasteiger partial charge in [-0.05, 0) is 68.4 Å². The molecular formula is C31H35F3N4O6S. The number of carbonyl (C=O) groups is 2. The molecule has 0 aliphatic carbocycles. The van der Waals surface area contributed by atoms with Crippen molar-refractivity contribution < 1.29 is 41.0 Å². The van der Waals surface area contributed by atoms with Crippen molar-refractivity contribution in [2.24, 2.45) is 5.92 Å². The van der Waals surface area contributed by atoms with Crippen molar-refractivity contribution in [3.63, 3.8) is 0 Å². The number of fused-ring (bicyclic) bond motifs is 1. The Hall–Kier alpha value is -4.30. The maximum Gasteiger partial charge on any atom is 0.416 e. The van der Waals surface area contributed by atoms with Gasteiger partial charge in [-0.3, -0.25) is 9.52 Å². The van der Waals surface area contributed by atoms with E-state index in [1.807, 2.05) is 13.8 Å². The zero-order valence-corrected chi connectivity index (χ0v) is 25.9. The van der Waals surface area contributed by atoms with E-state index in [-0.39, 0.29) is 53.2 Å². The smallest absolute Gasteiger partial charge is 0.416 e. The lowest BCUT2D eigenvalue weighted by Crippen LogP contribution is -2.50. The molecule has 242 valence electrons.